The Morgan fingerprint density at radius 3 is 1.14 bits per heavy atom. The quantitative estimate of drug-likeness (QED) is 0.530. The van der Waals surface area contributed by atoms with Gasteiger partial charge in [-0.05, 0) is 0 Å². The maximum atomic E-state index is 5.66. The first kappa shape index (κ1) is 8.73. The standard InChI is InChI=1S/4CH3.2Bi.O/h4*1H3;;;. The van der Waals surface area contributed by atoms with Crippen LogP contribution in [0.1, 0.15) is 0 Å². The monoisotopic (exact) mass is 494 g/mol. The van der Waals surface area contributed by atoms with Crippen LogP contribution in [-0.2, 0) is 0.889 Å². The molecule has 0 amide bonds. The molecule has 1 nitrogen and oxygen atoms in total. The average Bonchev–Trinajstić information content (AvgIpc) is 1.27. The van der Waals surface area contributed by atoms with Crippen molar-refractivity contribution in [1.29, 1.82) is 0 Å². The van der Waals surface area contributed by atoms with Crippen molar-refractivity contribution in [3.63, 3.8) is 0 Å². The second-order valence-corrected chi connectivity index (χ2v) is 20.5. The van der Waals surface area contributed by atoms with E-state index < -0.39 is 44.4 Å². The Kier molecular flexibility index (Phi) is 5.72. The van der Waals surface area contributed by atoms with Crippen molar-refractivity contribution >= 4 is 44.4 Å². The fraction of sp³-hybridized carbons (Fsp3) is 1.00. The number of hydrogen-bond acceptors (Lipinski definition) is 1. The summed E-state index contributed by atoms with van der Waals surface area (Å²) < 4.78 is 14.8. The normalized spacial score (nSPS) is 11.1. The minimum atomic E-state index is -1.15. The SMILES string of the molecule is [CH3][Bi]([CH3])[O][Bi]([CH3])[CH3]. The zero-order chi connectivity index (χ0) is 5.86. The van der Waals surface area contributed by atoms with Gasteiger partial charge < -0.3 is 0 Å². The predicted molar refractivity (Wildman–Crippen MR) is 36.0 cm³/mol. The van der Waals surface area contributed by atoms with E-state index >= 15 is 0 Å². The molecule has 0 spiro atoms. The summed E-state index contributed by atoms with van der Waals surface area (Å²) in [6.07, 6.45) is 0. The second-order valence-electron chi connectivity index (χ2n) is 1.71. The van der Waals surface area contributed by atoms with Crippen LogP contribution in [0, 0.1) is 0 Å². The second kappa shape index (κ2) is 4.59. The van der Waals surface area contributed by atoms with Crippen LogP contribution in [0.4, 0.5) is 0 Å². The molecule has 0 aromatic heterocycles. The Morgan fingerprint density at radius 1 is 0.857 bits per heavy atom. The Hall–Kier alpha value is 1.73. The van der Waals surface area contributed by atoms with Crippen molar-refractivity contribution in [1.82, 2.24) is 0 Å². The Bertz CT molecular complexity index is 39.0. The first-order valence-electron chi connectivity index (χ1n) is 2.15. The molecular formula is C4H12Bi2O. The summed E-state index contributed by atoms with van der Waals surface area (Å²) >= 11 is -2.31. The van der Waals surface area contributed by atoms with Crippen molar-refractivity contribution in [3.8, 4) is 0 Å². The summed E-state index contributed by atoms with van der Waals surface area (Å²) in [5.74, 6) is 0. The molecule has 0 saturated heterocycles. The summed E-state index contributed by atoms with van der Waals surface area (Å²) in [4.78, 5) is 0. The van der Waals surface area contributed by atoms with Crippen LogP contribution < -0.4 is 0 Å². The number of hydrogen-bond donors (Lipinski definition) is 0. The molecule has 0 bridgehead atoms. The van der Waals surface area contributed by atoms with Gasteiger partial charge in [-0.25, -0.2) is 0 Å². The molecule has 0 saturated carbocycles. The third-order valence-electron chi connectivity index (χ3n) is 0.327. The van der Waals surface area contributed by atoms with Crippen LogP contribution in [0.5, 0.6) is 0 Å². The van der Waals surface area contributed by atoms with Gasteiger partial charge in [-0.3, -0.25) is 0 Å². The van der Waals surface area contributed by atoms with E-state index in [0.29, 0.717) is 0 Å². The van der Waals surface area contributed by atoms with Crippen molar-refractivity contribution in [2.24, 2.45) is 0 Å². The molecule has 7 heavy (non-hydrogen) atoms. The minimum absolute atomic E-state index is 1.15. The van der Waals surface area contributed by atoms with Gasteiger partial charge in [0.1, 0.15) is 0 Å². The molecule has 0 unspecified atom stereocenters. The van der Waals surface area contributed by atoms with Gasteiger partial charge in [0.15, 0.2) is 0 Å². The summed E-state index contributed by atoms with van der Waals surface area (Å²) in [6, 6.07) is 0. The Balaban J connectivity index is 2.95. The van der Waals surface area contributed by atoms with Gasteiger partial charge in [0, 0.05) is 0 Å². The third kappa shape index (κ3) is 7.73. The predicted octanol–water partition coefficient (Wildman–Crippen LogP) is 1.51. The van der Waals surface area contributed by atoms with Gasteiger partial charge in [-0.2, -0.15) is 0 Å². The van der Waals surface area contributed by atoms with E-state index in [-0.39, 0.29) is 0 Å². The van der Waals surface area contributed by atoms with Gasteiger partial charge in [-0.15, -0.1) is 0 Å². The zero-order valence-corrected chi connectivity index (χ0v) is 12.3. The Morgan fingerprint density at radius 2 is 1.14 bits per heavy atom. The summed E-state index contributed by atoms with van der Waals surface area (Å²) in [7, 11) is 0. The fourth-order valence-electron chi connectivity index (χ4n) is 0.327. The van der Waals surface area contributed by atoms with Crippen LogP contribution in [0.15, 0.2) is 0 Å². The van der Waals surface area contributed by atoms with Gasteiger partial charge in [0.25, 0.3) is 0 Å². The molecule has 0 fully saturated rings. The molecule has 44 valence electrons. The summed E-state index contributed by atoms with van der Waals surface area (Å²) in [6.45, 7) is 0. The van der Waals surface area contributed by atoms with E-state index in [4.69, 9.17) is 0.889 Å². The van der Waals surface area contributed by atoms with Crippen molar-refractivity contribution in [2.45, 2.75) is 18.5 Å². The van der Waals surface area contributed by atoms with E-state index in [2.05, 4.69) is 18.5 Å². The van der Waals surface area contributed by atoms with Crippen LogP contribution in [0.2, 0.25) is 18.5 Å². The molecule has 0 aliphatic heterocycles. The van der Waals surface area contributed by atoms with Crippen molar-refractivity contribution in [2.75, 3.05) is 0 Å². The Labute approximate surface area is 63.0 Å². The van der Waals surface area contributed by atoms with Gasteiger partial charge in [0.2, 0.25) is 0 Å². The van der Waals surface area contributed by atoms with E-state index in [1.54, 1.807) is 0 Å². The summed E-state index contributed by atoms with van der Waals surface area (Å²) in [5, 5.41) is 0. The van der Waals surface area contributed by atoms with Gasteiger partial charge >= 0.3 is 63.8 Å². The summed E-state index contributed by atoms with van der Waals surface area (Å²) in [5.41, 5.74) is 0. The molecule has 0 N–H and O–H groups in total. The van der Waals surface area contributed by atoms with E-state index in [9.17, 15) is 0 Å². The molecule has 0 heterocycles. The van der Waals surface area contributed by atoms with Crippen LogP contribution in [0.3, 0.4) is 0 Å². The first-order chi connectivity index (χ1) is 3.13. The molecule has 0 aromatic rings. The van der Waals surface area contributed by atoms with Gasteiger partial charge in [0.05, 0.1) is 0 Å². The molecule has 0 aliphatic rings. The third-order valence-corrected chi connectivity index (χ3v) is 25.1. The zero-order valence-electron chi connectivity index (χ0n) is 5.30. The van der Waals surface area contributed by atoms with Crippen molar-refractivity contribution in [3.05, 3.63) is 0 Å². The van der Waals surface area contributed by atoms with Crippen molar-refractivity contribution < 1.29 is 0.889 Å². The molecule has 0 radical (unpaired) electrons. The first-order valence-corrected chi connectivity index (χ1v) is 18.9. The number of rotatable bonds is 2. The van der Waals surface area contributed by atoms with E-state index in [1.807, 2.05) is 0 Å². The van der Waals surface area contributed by atoms with E-state index in [1.165, 1.54) is 0 Å². The van der Waals surface area contributed by atoms with Gasteiger partial charge in [-0.1, -0.05) is 0 Å². The average molecular weight is 494 g/mol. The molecule has 3 heteroatoms. The topological polar surface area (TPSA) is 9.23 Å². The molecule has 0 atom stereocenters. The van der Waals surface area contributed by atoms with Crippen LogP contribution >= 0.6 is 0 Å². The molecule has 0 aromatic carbocycles. The van der Waals surface area contributed by atoms with Crippen LogP contribution in [0.25, 0.3) is 0 Å². The van der Waals surface area contributed by atoms with E-state index in [0.717, 1.165) is 0 Å². The van der Waals surface area contributed by atoms with Crippen LogP contribution in [-0.4, -0.2) is 44.4 Å². The maximum absolute atomic E-state index is 5.66. The fourth-order valence-corrected chi connectivity index (χ4v) is 25.1. The molecular weight excluding hydrogens is 482 g/mol. The molecule has 0 aliphatic carbocycles. The molecule has 0 rings (SSSR count).